The molecular formula is C14H13NO3. The molecule has 0 radical (unpaired) electrons. The van der Waals surface area contributed by atoms with Gasteiger partial charge in [-0.2, -0.15) is 0 Å². The number of carbonyl (C=O) groups excluding carboxylic acids is 1. The van der Waals surface area contributed by atoms with Gasteiger partial charge < -0.3 is 14.4 Å². The van der Waals surface area contributed by atoms with E-state index in [0.29, 0.717) is 12.3 Å². The van der Waals surface area contributed by atoms with E-state index in [4.69, 9.17) is 15.9 Å². The Morgan fingerprint density at radius 3 is 3.06 bits per heavy atom. The summed E-state index contributed by atoms with van der Waals surface area (Å²) < 4.78 is 10.5. The van der Waals surface area contributed by atoms with Gasteiger partial charge in [-0.1, -0.05) is 12.0 Å². The van der Waals surface area contributed by atoms with E-state index in [1.54, 1.807) is 13.1 Å². The Bertz CT molecular complexity index is 528. The largest absolute Gasteiger partial charge is 0.454 e. The fourth-order valence-corrected chi connectivity index (χ4v) is 1.53. The average molecular weight is 243 g/mol. The van der Waals surface area contributed by atoms with Crippen molar-refractivity contribution in [2.24, 2.45) is 0 Å². The highest BCUT2D eigenvalue weighted by molar-refractivity contribution is 5.91. The number of rotatable bonds is 3. The van der Waals surface area contributed by atoms with Gasteiger partial charge in [0.05, 0.1) is 6.54 Å². The fraction of sp³-hybridized carbons (Fsp3) is 0.214. The molecule has 0 aromatic heterocycles. The van der Waals surface area contributed by atoms with Crippen molar-refractivity contribution in [1.29, 1.82) is 0 Å². The number of hydrogen-bond donors (Lipinski definition) is 0. The number of fused-ring (bicyclic) bond motifs is 1. The van der Waals surface area contributed by atoms with Crippen LogP contribution in [0.5, 0.6) is 11.5 Å². The number of ether oxygens (including phenoxy) is 2. The van der Waals surface area contributed by atoms with E-state index < -0.39 is 0 Å². The SMILES string of the molecule is C#CCN(C)C(=O)/C=C/c1ccc2c(c1)OCO2. The molecule has 0 fully saturated rings. The molecular weight excluding hydrogens is 230 g/mol. The van der Waals surface area contributed by atoms with Gasteiger partial charge in [0, 0.05) is 13.1 Å². The van der Waals surface area contributed by atoms with E-state index in [0.717, 1.165) is 11.3 Å². The van der Waals surface area contributed by atoms with Crippen molar-refractivity contribution < 1.29 is 14.3 Å². The number of hydrogen-bond acceptors (Lipinski definition) is 3. The highest BCUT2D eigenvalue weighted by Crippen LogP contribution is 2.32. The highest BCUT2D eigenvalue weighted by Gasteiger charge is 2.12. The standard InChI is InChI=1S/C14H13NO3/c1-3-8-15(2)14(16)7-5-11-4-6-12-13(9-11)18-10-17-12/h1,4-7,9H,8,10H2,2H3/b7-5+. The van der Waals surface area contributed by atoms with Crippen LogP contribution in [-0.4, -0.2) is 31.2 Å². The molecule has 1 aliphatic heterocycles. The molecule has 18 heavy (non-hydrogen) atoms. The second-order valence-corrected chi connectivity index (χ2v) is 3.84. The van der Waals surface area contributed by atoms with Crippen LogP contribution in [0.1, 0.15) is 5.56 Å². The maximum Gasteiger partial charge on any atom is 0.247 e. The summed E-state index contributed by atoms with van der Waals surface area (Å²) in [6.45, 7) is 0.538. The maximum absolute atomic E-state index is 11.6. The Labute approximate surface area is 106 Å². The first kappa shape index (κ1) is 12.1. The van der Waals surface area contributed by atoms with Crippen molar-refractivity contribution in [1.82, 2.24) is 4.90 Å². The van der Waals surface area contributed by atoms with Crippen molar-refractivity contribution in [3.05, 3.63) is 29.8 Å². The van der Waals surface area contributed by atoms with E-state index in [1.165, 1.54) is 11.0 Å². The van der Waals surface area contributed by atoms with Crippen LogP contribution in [-0.2, 0) is 4.79 Å². The Hall–Kier alpha value is -2.41. The molecule has 92 valence electrons. The third kappa shape index (κ3) is 2.64. The molecule has 1 heterocycles. The van der Waals surface area contributed by atoms with Gasteiger partial charge in [-0.05, 0) is 23.8 Å². The zero-order valence-corrected chi connectivity index (χ0v) is 10.1. The fourth-order valence-electron chi connectivity index (χ4n) is 1.53. The minimum Gasteiger partial charge on any atom is -0.454 e. The minimum atomic E-state index is -0.134. The van der Waals surface area contributed by atoms with E-state index in [-0.39, 0.29) is 12.7 Å². The van der Waals surface area contributed by atoms with Crippen LogP contribution in [0.4, 0.5) is 0 Å². The topological polar surface area (TPSA) is 38.8 Å². The molecule has 1 aromatic rings. The van der Waals surface area contributed by atoms with Crippen LogP contribution in [0.2, 0.25) is 0 Å². The van der Waals surface area contributed by atoms with E-state index >= 15 is 0 Å². The van der Waals surface area contributed by atoms with Crippen LogP contribution in [0.15, 0.2) is 24.3 Å². The molecule has 0 atom stereocenters. The van der Waals surface area contributed by atoms with Crippen LogP contribution >= 0.6 is 0 Å². The van der Waals surface area contributed by atoms with E-state index in [9.17, 15) is 4.79 Å². The van der Waals surface area contributed by atoms with Gasteiger partial charge in [0.15, 0.2) is 11.5 Å². The summed E-state index contributed by atoms with van der Waals surface area (Å²) in [5.74, 6) is 3.70. The number of likely N-dealkylation sites (N-methyl/N-ethyl adjacent to an activating group) is 1. The van der Waals surface area contributed by atoms with Crippen molar-refractivity contribution in [2.75, 3.05) is 20.4 Å². The van der Waals surface area contributed by atoms with Gasteiger partial charge in [0.2, 0.25) is 12.7 Å². The Kier molecular flexibility index (Phi) is 3.54. The van der Waals surface area contributed by atoms with Crippen molar-refractivity contribution in [3.8, 4) is 23.8 Å². The van der Waals surface area contributed by atoms with Crippen LogP contribution < -0.4 is 9.47 Å². The summed E-state index contributed by atoms with van der Waals surface area (Å²) in [6, 6.07) is 5.50. The maximum atomic E-state index is 11.6. The first-order valence-electron chi connectivity index (χ1n) is 5.47. The summed E-state index contributed by atoms with van der Waals surface area (Å²) in [5, 5.41) is 0. The molecule has 0 aliphatic carbocycles. The predicted molar refractivity (Wildman–Crippen MR) is 68.1 cm³/mol. The lowest BCUT2D eigenvalue weighted by Crippen LogP contribution is -2.24. The Morgan fingerprint density at radius 1 is 1.50 bits per heavy atom. The second kappa shape index (κ2) is 5.28. The van der Waals surface area contributed by atoms with E-state index in [1.807, 2.05) is 18.2 Å². The molecule has 0 bridgehead atoms. The highest BCUT2D eigenvalue weighted by atomic mass is 16.7. The summed E-state index contributed by atoms with van der Waals surface area (Å²) in [6.07, 6.45) is 8.34. The number of benzene rings is 1. The van der Waals surface area contributed by atoms with Gasteiger partial charge >= 0.3 is 0 Å². The zero-order chi connectivity index (χ0) is 13.0. The van der Waals surface area contributed by atoms with E-state index in [2.05, 4.69) is 5.92 Å². The number of amides is 1. The number of carbonyl (C=O) groups is 1. The Balaban J connectivity index is 2.05. The minimum absolute atomic E-state index is 0.134. The molecule has 4 nitrogen and oxygen atoms in total. The van der Waals surface area contributed by atoms with Gasteiger partial charge in [0.1, 0.15) is 0 Å². The molecule has 1 amide bonds. The summed E-state index contributed by atoms with van der Waals surface area (Å²) in [5.41, 5.74) is 0.877. The van der Waals surface area contributed by atoms with Crippen molar-refractivity contribution in [2.45, 2.75) is 0 Å². The quantitative estimate of drug-likeness (QED) is 0.597. The second-order valence-electron chi connectivity index (χ2n) is 3.84. The molecule has 2 rings (SSSR count). The predicted octanol–water partition coefficient (Wildman–Crippen LogP) is 1.52. The smallest absolute Gasteiger partial charge is 0.247 e. The lowest BCUT2D eigenvalue weighted by atomic mass is 10.2. The average Bonchev–Trinajstić information content (AvgIpc) is 2.83. The molecule has 0 N–H and O–H groups in total. The third-order valence-electron chi connectivity index (χ3n) is 2.52. The molecule has 0 spiro atoms. The number of nitrogens with zero attached hydrogens (tertiary/aromatic N) is 1. The normalized spacial score (nSPS) is 12.4. The van der Waals surface area contributed by atoms with Gasteiger partial charge in [-0.25, -0.2) is 0 Å². The molecule has 4 heteroatoms. The molecule has 1 aromatic carbocycles. The molecule has 0 unspecified atom stereocenters. The van der Waals surface area contributed by atoms with Crippen LogP contribution in [0.3, 0.4) is 0 Å². The number of terminal acetylenes is 1. The lowest BCUT2D eigenvalue weighted by molar-refractivity contribution is -0.124. The van der Waals surface area contributed by atoms with Crippen LogP contribution in [0.25, 0.3) is 6.08 Å². The summed E-state index contributed by atoms with van der Waals surface area (Å²) in [4.78, 5) is 13.1. The lowest BCUT2D eigenvalue weighted by Gasteiger charge is -2.10. The first-order chi connectivity index (χ1) is 8.70. The van der Waals surface area contributed by atoms with Gasteiger partial charge in [-0.15, -0.1) is 6.42 Å². The van der Waals surface area contributed by atoms with Gasteiger partial charge in [0.25, 0.3) is 0 Å². The monoisotopic (exact) mass is 243 g/mol. The molecule has 1 aliphatic rings. The first-order valence-corrected chi connectivity index (χ1v) is 5.47. The van der Waals surface area contributed by atoms with Gasteiger partial charge in [-0.3, -0.25) is 4.79 Å². The van der Waals surface area contributed by atoms with Crippen LogP contribution in [0, 0.1) is 12.3 Å². The summed E-state index contributed by atoms with van der Waals surface area (Å²) in [7, 11) is 1.66. The summed E-state index contributed by atoms with van der Waals surface area (Å²) >= 11 is 0. The molecule has 0 saturated carbocycles. The van der Waals surface area contributed by atoms with Crippen molar-refractivity contribution in [3.63, 3.8) is 0 Å². The Morgan fingerprint density at radius 2 is 2.28 bits per heavy atom. The molecule has 0 saturated heterocycles. The van der Waals surface area contributed by atoms with Crippen molar-refractivity contribution >= 4 is 12.0 Å². The third-order valence-corrected chi connectivity index (χ3v) is 2.52. The zero-order valence-electron chi connectivity index (χ0n) is 10.1.